The topological polar surface area (TPSA) is 62.5 Å². The fourth-order valence-electron chi connectivity index (χ4n) is 1.80. The van der Waals surface area contributed by atoms with Crippen molar-refractivity contribution in [3.8, 4) is 0 Å². The SMILES string of the molecule is CCNC(=NCCC(F)(F)F)NCCc1c(C)noc1C. The van der Waals surface area contributed by atoms with Gasteiger partial charge < -0.3 is 15.2 Å². The molecule has 21 heavy (non-hydrogen) atoms. The van der Waals surface area contributed by atoms with Crippen LogP contribution in [-0.4, -0.2) is 36.9 Å². The van der Waals surface area contributed by atoms with E-state index in [1.54, 1.807) is 0 Å². The van der Waals surface area contributed by atoms with E-state index in [2.05, 4.69) is 20.8 Å². The fourth-order valence-corrected chi connectivity index (χ4v) is 1.80. The lowest BCUT2D eigenvalue weighted by atomic mass is 10.1. The highest BCUT2D eigenvalue weighted by atomic mass is 19.4. The molecule has 8 heteroatoms. The minimum atomic E-state index is -4.18. The van der Waals surface area contributed by atoms with E-state index in [0.29, 0.717) is 25.5 Å². The van der Waals surface area contributed by atoms with Crippen molar-refractivity contribution in [2.24, 2.45) is 4.99 Å². The molecule has 1 heterocycles. The summed E-state index contributed by atoms with van der Waals surface area (Å²) < 4.78 is 41.3. The zero-order valence-electron chi connectivity index (χ0n) is 12.5. The maximum Gasteiger partial charge on any atom is 0.390 e. The number of alkyl halides is 3. The molecule has 0 radical (unpaired) electrons. The molecule has 0 aromatic carbocycles. The van der Waals surface area contributed by atoms with Gasteiger partial charge in [0.05, 0.1) is 18.7 Å². The first-order valence-corrected chi connectivity index (χ1v) is 6.84. The van der Waals surface area contributed by atoms with Crippen LogP contribution in [-0.2, 0) is 6.42 Å². The summed E-state index contributed by atoms with van der Waals surface area (Å²) >= 11 is 0. The Morgan fingerprint density at radius 3 is 2.52 bits per heavy atom. The third kappa shape index (κ3) is 6.50. The van der Waals surface area contributed by atoms with E-state index in [1.807, 2.05) is 20.8 Å². The zero-order chi connectivity index (χ0) is 15.9. The van der Waals surface area contributed by atoms with E-state index in [9.17, 15) is 13.2 Å². The highest BCUT2D eigenvalue weighted by Crippen LogP contribution is 2.18. The molecule has 2 N–H and O–H groups in total. The van der Waals surface area contributed by atoms with Crippen molar-refractivity contribution < 1.29 is 17.7 Å². The van der Waals surface area contributed by atoms with Crippen molar-refractivity contribution in [2.45, 2.75) is 39.8 Å². The van der Waals surface area contributed by atoms with Gasteiger partial charge in [-0.15, -0.1) is 0 Å². The van der Waals surface area contributed by atoms with E-state index < -0.39 is 12.6 Å². The third-order valence-electron chi connectivity index (χ3n) is 2.86. The number of nitrogens with zero attached hydrogens (tertiary/aromatic N) is 2. The van der Waals surface area contributed by atoms with Gasteiger partial charge in [0.25, 0.3) is 0 Å². The molecule has 0 bridgehead atoms. The number of halogens is 3. The predicted octanol–water partition coefficient (Wildman–Crippen LogP) is 2.34. The molecule has 0 fully saturated rings. The molecule has 0 aliphatic carbocycles. The summed E-state index contributed by atoms with van der Waals surface area (Å²) in [6, 6.07) is 0. The second-order valence-electron chi connectivity index (χ2n) is 4.61. The van der Waals surface area contributed by atoms with Crippen LogP contribution in [0.2, 0.25) is 0 Å². The first-order chi connectivity index (χ1) is 9.83. The molecular formula is C13H21F3N4O. The zero-order valence-corrected chi connectivity index (χ0v) is 12.5. The molecule has 0 atom stereocenters. The minimum absolute atomic E-state index is 0.288. The van der Waals surface area contributed by atoms with Crippen LogP contribution >= 0.6 is 0 Å². The highest BCUT2D eigenvalue weighted by molar-refractivity contribution is 5.79. The number of guanidine groups is 1. The lowest BCUT2D eigenvalue weighted by Gasteiger charge is -2.11. The van der Waals surface area contributed by atoms with Crippen LogP contribution in [0.1, 0.15) is 30.4 Å². The Morgan fingerprint density at radius 2 is 2.00 bits per heavy atom. The average Bonchev–Trinajstić information content (AvgIpc) is 2.69. The molecule has 1 aromatic heterocycles. The van der Waals surface area contributed by atoms with Crippen molar-refractivity contribution >= 4 is 5.96 Å². The van der Waals surface area contributed by atoms with Crippen LogP contribution in [0.3, 0.4) is 0 Å². The van der Waals surface area contributed by atoms with Gasteiger partial charge in [0, 0.05) is 18.7 Å². The van der Waals surface area contributed by atoms with Gasteiger partial charge >= 0.3 is 6.18 Å². The highest BCUT2D eigenvalue weighted by Gasteiger charge is 2.26. The van der Waals surface area contributed by atoms with Crippen LogP contribution in [0.4, 0.5) is 13.2 Å². The molecule has 0 saturated carbocycles. The standard InChI is InChI=1S/C13H21F3N4O/c1-4-17-12(19-8-6-13(14,15)16)18-7-5-11-9(2)20-21-10(11)3/h4-8H2,1-3H3,(H2,17,18,19). The Balaban J connectivity index is 2.46. The van der Waals surface area contributed by atoms with Gasteiger partial charge in [0.1, 0.15) is 5.76 Å². The first-order valence-electron chi connectivity index (χ1n) is 6.84. The van der Waals surface area contributed by atoms with Gasteiger partial charge in [-0.05, 0) is 27.2 Å². The molecule has 0 unspecified atom stereocenters. The Hall–Kier alpha value is -1.73. The van der Waals surface area contributed by atoms with E-state index in [0.717, 1.165) is 17.0 Å². The summed E-state index contributed by atoms with van der Waals surface area (Å²) in [5.41, 5.74) is 1.84. The summed E-state index contributed by atoms with van der Waals surface area (Å²) in [6.45, 7) is 6.38. The summed E-state index contributed by atoms with van der Waals surface area (Å²) in [6.07, 6.45) is -4.43. The van der Waals surface area contributed by atoms with Gasteiger partial charge in [-0.25, -0.2) is 0 Å². The second-order valence-corrected chi connectivity index (χ2v) is 4.61. The Morgan fingerprint density at radius 1 is 1.29 bits per heavy atom. The largest absolute Gasteiger partial charge is 0.390 e. The third-order valence-corrected chi connectivity index (χ3v) is 2.86. The number of aliphatic imine (C=N–C) groups is 1. The van der Waals surface area contributed by atoms with Crippen LogP contribution in [0.5, 0.6) is 0 Å². The molecule has 0 saturated heterocycles. The van der Waals surface area contributed by atoms with E-state index in [4.69, 9.17) is 4.52 Å². The fraction of sp³-hybridized carbons (Fsp3) is 0.692. The van der Waals surface area contributed by atoms with Crippen molar-refractivity contribution in [1.29, 1.82) is 0 Å². The molecule has 0 spiro atoms. The number of hydrogen-bond donors (Lipinski definition) is 2. The maximum absolute atomic E-state index is 12.1. The van der Waals surface area contributed by atoms with E-state index in [1.165, 1.54) is 0 Å². The quantitative estimate of drug-likeness (QED) is 0.625. The molecule has 0 aliphatic rings. The molecule has 1 rings (SSSR count). The second kappa shape index (κ2) is 7.90. The van der Waals surface area contributed by atoms with Crippen LogP contribution < -0.4 is 10.6 Å². The molecule has 1 aromatic rings. The van der Waals surface area contributed by atoms with Crippen molar-refractivity contribution in [2.75, 3.05) is 19.6 Å². The van der Waals surface area contributed by atoms with Crippen LogP contribution in [0.25, 0.3) is 0 Å². The van der Waals surface area contributed by atoms with Crippen LogP contribution in [0, 0.1) is 13.8 Å². The Labute approximate surface area is 122 Å². The summed E-state index contributed by atoms with van der Waals surface area (Å²) in [4.78, 5) is 3.90. The normalized spacial score (nSPS) is 12.6. The van der Waals surface area contributed by atoms with Crippen molar-refractivity contribution in [1.82, 2.24) is 15.8 Å². The lowest BCUT2D eigenvalue weighted by molar-refractivity contribution is -0.132. The molecule has 5 nitrogen and oxygen atoms in total. The number of aryl methyl sites for hydroxylation is 2. The van der Waals surface area contributed by atoms with Crippen LogP contribution in [0.15, 0.2) is 9.52 Å². The van der Waals surface area contributed by atoms with Gasteiger partial charge in [0.15, 0.2) is 5.96 Å². The number of rotatable bonds is 6. The smallest absolute Gasteiger partial charge is 0.361 e. The summed E-state index contributed by atoms with van der Waals surface area (Å²) in [5.74, 6) is 1.14. The molecular weight excluding hydrogens is 285 g/mol. The number of nitrogens with one attached hydrogen (secondary N) is 2. The predicted molar refractivity (Wildman–Crippen MR) is 74.3 cm³/mol. The number of aromatic nitrogens is 1. The van der Waals surface area contributed by atoms with E-state index in [-0.39, 0.29) is 6.54 Å². The molecule has 0 amide bonds. The Kier molecular flexibility index (Phi) is 6.51. The first kappa shape index (κ1) is 17.3. The summed E-state index contributed by atoms with van der Waals surface area (Å²) in [5, 5.41) is 9.77. The average molecular weight is 306 g/mol. The van der Waals surface area contributed by atoms with Gasteiger partial charge in [-0.3, -0.25) is 4.99 Å². The molecule has 0 aliphatic heterocycles. The minimum Gasteiger partial charge on any atom is -0.361 e. The van der Waals surface area contributed by atoms with Crippen molar-refractivity contribution in [3.05, 3.63) is 17.0 Å². The maximum atomic E-state index is 12.1. The van der Waals surface area contributed by atoms with Gasteiger partial charge in [-0.1, -0.05) is 5.16 Å². The molecule has 120 valence electrons. The Bertz CT molecular complexity index is 449. The van der Waals surface area contributed by atoms with Gasteiger partial charge in [0.2, 0.25) is 0 Å². The lowest BCUT2D eigenvalue weighted by Crippen LogP contribution is -2.38. The summed E-state index contributed by atoms with van der Waals surface area (Å²) in [7, 11) is 0. The van der Waals surface area contributed by atoms with E-state index >= 15 is 0 Å². The number of hydrogen-bond acceptors (Lipinski definition) is 3. The van der Waals surface area contributed by atoms with Crippen molar-refractivity contribution in [3.63, 3.8) is 0 Å². The monoisotopic (exact) mass is 306 g/mol. The van der Waals surface area contributed by atoms with Gasteiger partial charge in [-0.2, -0.15) is 13.2 Å².